The van der Waals surface area contributed by atoms with Crippen LogP contribution < -0.4 is 0 Å². The molecule has 1 unspecified atom stereocenters. The van der Waals surface area contributed by atoms with Crippen LogP contribution >= 0.6 is 0 Å². The van der Waals surface area contributed by atoms with Crippen LogP contribution in [0.2, 0.25) is 0 Å². The van der Waals surface area contributed by atoms with Crippen molar-refractivity contribution in [3.8, 4) is 0 Å². The Labute approximate surface area is 130 Å². The number of aromatic nitrogens is 1. The number of piperazine rings is 1. The molecule has 1 aromatic rings. The van der Waals surface area contributed by atoms with Crippen molar-refractivity contribution >= 4 is 5.91 Å². The fourth-order valence-corrected chi connectivity index (χ4v) is 2.54. The normalized spacial score (nSPS) is 18.2. The highest BCUT2D eigenvalue weighted by atomic mass is 19.1. The van der Waals surface area contributed by atoms with E-state index >= 15 is 0 Å². The minimum atomic E-state index is -0.651. The highest BCUT2D eigenvalue weighted by Crippen LogP contribution is 2.09. The van der Waals surface area contributed by atoms with E-state index in [0.717, 1.165) is 32.4 Å². The zero-order chi connectivity index (χ0) is 16.1. The summed E-state index contributed by atoms with van der Waals surface area (Å²) in [6, 6.07) is 1.35. The molecule has 0 aromatic carbocycles. The molecule has 122 valence electrons. The standard InChI is InChI=1S/C15H23FN4O2/c1-18-5-7-20(8-6-18)11-12(21)10-19(2)15(22)13-3-4-17-9-14(13)16/h3-4,9,12,21H,5-8,10-11H2,1-2H3. The van der Waals surface area contributed by atoms with Gasteiger partial charge in [0, 0.05) is 52.5 Å². The molecule has 1 amide bonds. The van der Waals surface area contributed by atoms with Crippen LogP contribution in [0.15, 0.2) is 18.5 Å². The summed E-state index contributed by atoms with van der Waals surface area (Å²) < 4.78 is 13.6. The van der Waals surface area contributed by atoms with Crippen molar-refractivity contribution in [2.45, 2.75) is 6.10 Å². The summed E-state index contributed by atoms with van der Waals surface area (Å²) in [4.78, 5) is 21.6. The summed E-state index contributed by atoms with van der Waals surface area (Å²) in [5, 5.41) is 10.1. The van der Waals surface area contributed by atoms with E-state index in [4.69, 9.17) is 0 Å². The lowest BCUT2D eigenvalue weighted by Crippen LogP contribution is -2.49. The maximum absolute atomic E-state index is 13.6. The van der Waals surface area contributed by atoms with Crippen molar-refractivity contribution in [3.05, 3.63) is 29.8 Å². The highest BCUT2D eigenvalue weighted by molar-refractivity contribution is 5.94. The van der Waals surface area contributed by atoms with Crippen LogP contribution in [0, 0.1) is 5.82 Å². The first-order valence-corrected chi connectivity index (χ1v) is 7.41. The second kappa shape index (κ2) is 7.62. The van der Waals surface area contributed by atoms with E-state index in [9.17, 15) is 14.3 Å². The lowest BCUT2D eigenvalue weighted by Gasteiger charge is -2.34. The molecular formula is C15H23FN4O2. The molecule has 1 aliphatic heterocycles. The summed E-state index contributed by atoms with van der Waals surface area (Å²) in [7, 11) is 3.64. The minimum Gasteiger partial charge on any atom is -0.390 e. The predicted molar refractivity (Wildman–Crippen MR) is 81.1 cm³/mol. The van der Waals surface area contributed by atoms with Crippen LogP contribution in [-0.2, 0) is 0 Å². The Bertz CT molecular complexity index is 506. The van der Waals surface area contributed by atoms with Crippen LogP contribution in [0.1, 0.15) is 10.4 Å². The van der Waals surface area contributed by atoms with Gasteiger partial charge in [-0.25, -0.2) is 4.39 Å². The summed E-state index contributed by atoms with van der Waals surface area (Å²) in [5.41, 5.74) is -0.0238. The second-order valence-electron chi connectivity index (χ2n) is 5.80. The van der Waals surface area contributed by atoms with Crippen molar-refractivity contribution in [2.24, 2.45) is 0 Å². The number of aliphatic hydroxyl groups is 1. The van der Waals surface area contributed by atoms with Gasteiger partial charge in [0.25, 0.3) is 5.91 Å². The molecule has 2 rings (SSSR count). The van der Waals surface area contributed by atoms with Crippen molar-refractivity contribution < 1.29 is 14.3 Å². The third-order valence-electron chi connectivity index (χ3n) is 3.90. The van der Waals surface area contributed by atoms with Gasteiger partial charge >= 0.3 is 0 Å². The number of carbonyl (C=O) groups is 1. The molecular weight excluding hydrogens is 287 g/mol. The van der Waals surface area contributed by atoms with Gasteiger partial charge in [-0.15, -0.1) is 0 Å². The minimum absolute atomic E-state index is 0.0238. The Morgan fingerprint density at radius 3 is 2.77 bits per heavy atom. The van der Waals surface area contributed by atoms with Crippen molar-refractivity contribution in [1.29, 1.82) is 0 Å². The Kier molecular flexibility index (Phi) is 5.82. The van der Waals surface area contributed by atoms with Crippen LogP contribution in [0.25, 0.3) is 0 Å². The monoisotopic (exact) mass is 310 g/mol. The molecule has 0 spiro atoms. The zero-order valence-electron chi connectivity index (χ0n) is 13.1. The first-order valence-electron chi connectivity index (χ1n) is 7.41. The van der Waals surface area contributed by atoms with Crippen molar-refractivity contribution in [3.63, 3.8) is 0 Å². The van der Waals surface area contributed by atoms with E-state index in [1.54, 1.807) is 7.05 Å². The van der Waals surface area contributed by atoms with E-state index in [1.807, 2.05) is 0 Å². The molecule has 2 heterocycles. The third kappa shape index (κ3) is 4.46. The Hall–Kier alpha value is -1.57. The molecule has 0 bridgehead atoms. The number of carbonyl (C=O) groups excluding carboxylic acids is 1. The van der Waals surface area contributed by atoms with Gasteiger partial charge in [-0.3, -0.25) is 14.7 Å². The molecule has 1 saturated heterocycles. The SMILES string of the molecule is CN1CCN(CC(O)CN(C)C(=O)c2ccncc2F)CC1. The number of pyridine rings is 1. The summed E-state index contributed by atoms with van der Waals surface area (Å²) in [6.07, 6.45) is 1.74. The number of amides is 1. The maximum atomic E-state index is 13.6. The average Bonchev–Trinajstić information content (AvgIpc) is 2.49. The van der Waals surface area contributed by atoms with Gasteiger partial charge in [0.2, 0.25) is 0 Å². The van der Waals surface area contributed by atoms with Crippen molar-refractivity contribution in [2.75, 3.05) is 53.4 Å². The lowest BCUT2D eigenvalue weighted by atomic mass is 10.2. The van der Waals surface area contributed by atoms with Crippen LogP contribution in [0.3, 0.4) is 0 Å². The molecule has 1 fully saturated rings. The molecule has 1 N–H and O–H groups in total. The van der Waals surface area contributed by atoms with Gasteiger partial charge in [0.15, 0.2) is 5.82 Å². The van der Waals surface area contributed by atoms with Gasteiger partial charge in [-0.1, -0.05) is 0 Å². The summed E-state index contributed by atoms with van der Waals surface area (Å²) >= 11 is 0. The van der Waals surface area contributed by atoms with Gasteiger partial charge in [-0.05, 0) is 13.1 Å². The first kappa shape index (κ1) is 16.8. The van der Waals surface area contributed by atoms with Gasteiger partial charge in [-0.2, -0.15) is 0 Å². The molecule has 0 radical (unpaired) electrons. The molecule has 1 aromatic heterocycles. The Morgan fingerprint density at radius 1 is 1.45 bits per heavy atom. The number of hydrogen-bond donors (Lipinski definition) is 1. The molecule has 0 aliphatic carbocycles. The van der Waals surface area contributed by atoms with Crippen molar-refractivity contribution in [1.82, 2.24) is 19.7 Å². The molecule has 22 heavy (non-hydrogen) atoms. The largest absolute Gasteiger partial charge is 0.390 e. The fourth-order valence-electron chi connectivity index (χ4n) is 2.54. The van der Waals surface area contributed by atoms with E-state index in [1.165, 1.54) is 17.2 Å². The zero-order valence-corrected chi connectivity index (χ0v) is 13.1. The van der Waals surface area contributed by atoms with E-state index in [-0.39, 0.29) is 12.1 Å². The van der Waals surface area contributed by atoms with Gasteiger partial charge in [0.1, 0.15) is 0 Å². The number of halogens is 1. The number of nitrogens with zero attached hydrogens (tertiary/aromatic N) is 4. The average molecular weight is 310 g/mol. The lowest BCUT2D eigenvalue weighted by molar-refractivity contribution is 0.0499. The van der Waals surface area contributed by atoms with E-state index in [0.29, 0.717) is 6.54 Å². The molecule has 6 nitrogen and oxygen atoms in total. The molecule has 7 heteroatoms. The molecule has 1 aliphatic rings. The number of aliphatic hydroxyl groups excluding tert-OH is 1. The predicted octanol–water partition coefficient (Wildman–Crippen LogP) is -0.0990. The summed E-state index contributed by atoms with van der Waals surface area (Å²) in [5.74, 6) is -1.09. The van der Waals surface area contributed by atoms with E-state index in [2.05, 4.69) is 21.8 Å². The number of likely N-dealkylation sites (N-methyl/N-ethyl adjacent to an activating group) is 2. The quantitative estimate of drug-likeness (QED) is 0.823. The molecule has 0 saturated carbocycles. The fraction of sp³-hybridized carbons (Fsp3) is 0.600. The van der Waals surface area contributed by atoms with Crippen LogP contribution in [0.4, 0.5) is 4.39 Å². The second-order valence-corrected chi connectivity index (χ2v) is 5.80. The topological polar surface area (TPSA) is 59.9 Å². The Morgan fingerprint density at radius 2 is 2.14 bits per heavy atom. The number of β-amino-alcohol motifs (C(OH)–C–C–N with tert-alkyl or cyclic N) is 1. The first-order chi connectivity index (χ1) is 10.5. The number of rotatable bonds is 5. The Balaban J connectivity index is 1.84. The van der Waals surface area contributed by atoms with Gasteiger partial charge < -0.3 is 14.9 Å². The highest BCUT2D eigenvalue weighted by Gasteiger charge is 2.21. The summed E-state index contributed by atoms with van der Waals surface area (Å²) in [6.45, 7) is 4.46. The third-order valence-corrected chi connectivity index (χ3v) is 3.90. The van der Waals surface area contributed by atoms with Gasteiger partial charge in [0.05, 0.1) is 17.9 Å². The maximum Gasteiger partial charge on any atom is 0.256 e. The molecule has 1 atom stereocenters. The van der Waals surface area contributed by atoms with E-state index < -0.39 is 17.8 Å². The van der Waals surface area contributed by atoms with Crippen LogP contribution in [0.5, 0.6) is 0 Å². The van der Waals surface area contributed by atoms with Crippen LogP contribution in [-0.4, -0.2) is 90.2 Å². The number of hydrogen-bond acceptors (Lipinski definition) is 5. The smallest absolute Gasteiger partial charge is 0.256 e.